The summed E-state index contributed by atoms with van der Waals surface area (Å²) in [7, 11) is 0. The minimum Gasteiger partial charge on any atom is -0.338 e. The van der Waals surface area contributed by atoms with Gasteiger partial charge in [-0.15, -0.1) is 11.8 Å². The van der Waals surface area contributed by atoms with Crippen molar-refractivity contribution in [3.05, 3.63) is 68.9 Å². The lowest BCUT2D eigenvalue weighted by Crippen LogP contribution is -2.13. The number of anilines is 1. The number of nitrogens with one attached hydrogen (secondary N) is 1. The SMILES string of the molecule is Cc1noc(CSc2ccccc2C(=O)Nc2ccc(C)c(I)c2)n1. The molecule has 1 amide bonds. The number of thioether (sulfide) groups is 1. The van der Waals surface area contributed by atoms with Gasteiger partial charge in [0.2, 0.25) is 5.89 Å². The topological polar surface area (TPSA) is 68.0 Å². The lowest BCUT2D eigenvalue weighted by molar-refractivity contribution is 0.102. The van der Waals surface area contributed by atoms with E-state index < -0.39 is 0 Å². The van der Waals surface area contributed by atoms with E-state index in [2.05, 4.69) is 38.0 Å². The maximum absolute atomic E-state index is 12.7. The minimum atomic E-state index is -0.135. The van der Waals surface area contributed by atoms with E-state index in [-0.39, 0.29) is 5.91 Å². The van der Waals surface area contributed by atoms with Gasteiger partial charge in [-0.05, 0) is 66.3 Å². The van der Waals surface area contributed by atoms with E-state index in [0.29, 0.717) is 23.0 Å². The average molecular weight is 465 g/mol. The first-order valence-electron chi connectivity index (χ1n) is 7.61. The second kappa shape index (κ2) is 8.01. The standard InChI is InChI=1S/C18H16IN3O2S/c1-11-7-8-13(9-15(11)19)21-18(23)14-5-3-4-6-16(14)25-10-17-20-12(2)22-24-17/h3-9H,10H2,1-2H3,(H,21,23). The number of halogens is 1. The van der Waals surface area contributed by atoms with Gasteiger partial charge in [-0.1, -0.05) is 23.4 Å². The Balaban J connectivity index is 1.74. The lowest BCUT2D eigenvalue weighted by Gasteiger charge is -2.10. The number of aryl methyl sites for hydroxylation is 2. The predicted octanol–water partition coefficient (Wildman–Crippen LogP) is 4.84. The Morgan fingerprint density at radius 2 is 2.04 bits per heavy atom. The molecule has 0 aliphatic heterocycles. The number of carbonyl (C=O) groups is 1. The van der Waals surface area contributed by atoms with E-state index in [1.807, 2.05) is 49.4 Å². The fourth-order valence-electron chi connectivity index (χ4n) is 2.19. The van der Waals surface area contributed by atoms with Crippen molar-refractivity contribution >= 4 is 45.9 Å². The van der Waals surface area contributed by atoms with Gasteiger partial charge >= 0.3 is 0 Å². The average Bonchev–Trinajstić information content (AvgIpc) is 3.02. The molecule has 1 aromatic heterocycles. The molecular weight excluding hydrogens is 449 g/mol. The van der Waals surface area contributed by atoms with Gasteiger partial charge in [-0.2, -0.15) is 4.98 Å². The van der Waals surface area contributed by atoms with Gasteiger partial charge in [-0.3, -0.25) is 4.79 Å². The maximum atomic E-state index is 12.7. The number of benzene rings is 2. The Kier molecular flexibility index (Phi) is 5.74. The second-order valence-electron chi connectivity index (χ2n) is 5.44. The van der Waals surface area contributed by atoms with Gasteiger partial charge < -0.3 is 9.84 Å². The predicted molar refractivity (Wildman–Crippen MR) is 107 cm³/mol. The second-order valence-corrected chi connectivity index (χ2v) is 7.62. The Morgan fingerprint density at radius 3 is 2.76 bits per heavy atom. The Bertz CT molecular complexity index is 911. The molecule has 2 aromatic carbocycles. The molecule has 128 valence electrons. The van der Waals surface area contributed by atoms with E-state index in [1.165, 1.54) is 17.3 Å². The van der Waals surface area contributed by atoms with Crippen LogP contribution in [0.3, 0.4) is 0 Å². The molecule has 0 radical (unpaired) electrons. The highest BCUT2D eigenvalue weighted by Crippen LogP contribution is 2.27. The maximum Gasteiger partial charge on any atom is 0.256 e. The summed E-state index contributed by atoms with van der Waals surface area (Å²) in [6, 6.07) is 13.4. The molecule has 0 unspecified atom stereocenters. The van der Waals surface area contributed by atoms with Gasteiger partial charge in [0.15, 0.2) is 5.82 Å². The van der Waals surface area contributed by atoms with Gasteiger partial charge in [0.05, 0.1) is 11.3 Å². The van der Waals surface area contributed by atoms with Crippen LogP contribution in [0.25, 0.3) is 0 Å². The molecule has 3 aromatic rings. The molecule has 0 aliphatic rings. The van der Waals surface area contributed by atoms with Crippen molar-refractivity contribution in [3.63, 3.8) is 0 Å². The first kappa shape index (κ1) is 17.9. The third-order valence-electron chi connectivity index (χ3n) is 3.48. The quantitative estimate of drug-likeness (QED) is 0.432. The Morgan fingerprint density at radius 1 is 1.24 bits per heavy atom. The summed E-state index contributed by atoms with van der Waals surface area (Å²) in [4.78, 5) is 17.7. The van der Waals surface area contributed by atoms with Gasteiger partial charge in [0.1, 0.15) is 0 Å². The van der Waals surface area contributed by atoms with Crippen LogP contribution in [0.15, 0.2) is 51.9 Å². The fraction of sp³-hybridized carbons (Fsp3) is 0.167. The third kappa shape index (κ3) is 4.60. The molecule has 0 atom stereocenters. The Labute approximate surface area is 163 Å². The molecule has 3 rings (SSSR count). The number of hydrogen-bond donors (Lipinski definition) is 1. The molecule has 0 bridgehead atoms. The number of hydrogen-bond acceptors (Lipinski definition) is 5. The molecule has 0 saturated heterocycles. The van der Waals surface area contributed by atoms with Crippen molar-refractivity contribution in [2.24, 2.45) is 0 Å². The zero-order valence-electron chi connectivity index (χ0n) is 13.7. The van der Waals surface area contributed by atoms with Gasteiger partial charge in [0.25, 0.3) is 5.91 Å². The van der Waals surface area contributed by atoms with Crippen LogP contribution in [0.2, 0.25) is 0 Å². The molecule has 5 nitrogen and oxygen atoms in total. The third-order valence-corrected chi connectivity index (χ3v) is 5.70. The summed E-state index contributed by atoms with van der Waals surface area (Å²) < 4.78 is 6.24. The number of aromatic nitrogens is 2. The van der Waals surface area contributed by atoms with E-state index in [4.69, 9.17) is 4.52 Å². The highest BCUT2D eigenvalue weighted by Gasteiger charge is 2.13. The molecule has 1 N–H and O–H groups in total. The molecular formula is C18H16IN3O2S. The normalized spacial score (nSPS) is 10.7. The summed E-state index contributed by atoms with van der Waals surface area (Å²) in [5.74, 6) is 1.54. The van der Waals surface area contributed by atoms with Crippen molar-refractivity contribution in [1.29, 1.82) is 0 Å². The first-order valence-corrected chi connectivity index (χ1v) is 9.68. The van der Waals surface area contributed by atoms with E-state index in [0.717, 1.165) is 14.2 Å². The van der Waals surface area contributed by atoms with Crippen molar-refractivity contribution < 1.29 is 9.32 Å². The zero-order chi connectivity index (χ0) is 17.8. The Hall–Kier alpha value is -1.87. The van der Waals surface area contributed by atoms with Crippen molar-refractivity contribution in [2.75, 3.05) is 5.32 Å². The molecule has 7 heteroatoms. The smallest absolute Gasteiger partial charge is 0.256 e. The minimum absolute atomic E-state index is 0.135. The van der Waals surface area contributed by atoms with Crippen molar-refractivity contribution in [2.45, 2.75) is 24.5 Å². The summed E-state index contributed by atoms with van der Waals surface area (Å²) in [5, 5.41) is 6.74. The van der Waals surface area contributed by atoms with Crippen LogP contribution in [0.5, 0.6) is 0 Å². The molecule has 0 spiro atoms. The monoisotopic (exact) mass is 465 g/mol. The molecule has 0 fully saturated rings. The number of nitrogens with zero attached hydrogens (tertiary/aromatic N) is 2. The fourth-order valence-corrected chi connectivity index (χ4v) is 3.59. The number of rotatable bonds is 5. The van der Waals surface area contributed by atoms with Gasteiger partial charge in [0, 0.05) is 14.2 Å². The highest BCUT2D eigenvalue weighted by molar-refractivity contribution is 14.1. The zero-order valence-corrected chi connectivity index (χ0v) is 16.7. The van der Waals surface area contributed by atoms with Crippen LogP contribution < -0.4 is 5.32 Å². The van der Waals surface area contributed by atoms with Crippen LogP contribution in [0.1, 0.15) is 27.6 Å². The van der Waals surface area contributed by atoms with Crippen LogP contribution in [0.4, 0.5) is 5.69 Å². The molecule has 0 aliphatic carbocycles. The largest absolute Gasteiger partial charge is 0.338 e. The van der Waals surface area contributed by atoms with E-state index in [1.54, 1.807) is 6.92 Å². The van der Waals surface area contributed by atoms with Crippen molar-refractivity contribution in [3.8, 4) is 0 Å². The number of amides is 1. The van der Waals surface area contributed by atoms with Crippen LogP contribution in [-0.2, 0) is 5.75 Å². The summed E-state index contributed by atoms with van der Waals surface area (Å²) in [5.41, 5.74) is 2.59. The highest BCUT2D eigenvalue weighted by atomic mass is 127. The van der Waals surface area contributed by atoms with E-state index >= 15 is 0 Å². The first-order chi connectivity index (χ1) is 12.0. The summed E-state index contributed by atoms with van der Waals surface area (Å²) >= 11 is 3.76. The van der Waals surface area contributed by atoms with Crippen molar-refractivity contribution in [1.82, 2.24) is 10.1 Å². The van der Waals surface area contributed by atoms with Crippen LogP contribution >= 0.6 is 34.4 Å². The summed E-state index contributed by atoms with van der Waals surface area (Å²) in [6.45, 7) is 3.82. The number of carbonyl (C=O) groups excluding carboxylic acids is 1. The molecule has 0 saturated carbocycles. The van der Waals surface area contributed by atoms with Crippen LogP contribution in [0, 0.1) is 17.4 Å². The molecule has 25 heavy (non-hydrogen) atoms. The van der Waals surface area contributed by atoms with Crippen LogP contribution in [-0.4, -0.2) is 16.0 Å². The summed E-state index contributed by atoms with van der Waals surface area (Å²) in [6.07, 6.45) is 0. The van der Waals surface area contributed by atoms with Gasteiger partial charge in [-0.25, -0.2) is 0 Å². The van der Waals surface area contributed by atoms with E-state index in [9.17, 15) is 4.79 Å². The molecule has 1 heterocycles. The lowest BCUT2D eigenvalue weighted by atomic mass is 10.2.